The fourth-order valence-electron chi connectivity index (χ4n) is 3.65. The molecule has 1 aromatic carbocycles. The highest BCUT2D eigenvalue weighted by molar-refractivity contribution is 5.92. The molecule has 7 nitrogen and oxygen atoms in total. The minimum absolute atomic E-state index is 0.0161. The van der Waals surface area contributed by atoms with E-state index in [-0.39, 0.29) is 11.9 Å². The van der Waals surface area contributed by atoms with E-state index in [0.717, 1.165) is 41.8 Å². The second-order valence-corrected chi connectivity index (χ2v) is 7.21. The summed E-state index contributed by atoms with van der Waals surface area (Å²) in [6.45, 7) is 3.43. The highest BCUT2D eigenvalue weighted by atomic mass is 16.2. The van der Waals surface area contributed by atoms with E-state index in [2.05, 4.69) is 21.4 Å². The summed E-state index contributed by atoms with van der Waals surface area (Å²) in [4.78, 5) is 19.4. The second kappa shape index (κ2) is 7.31. The number of nitriles is 1. The van der Waals surface area contributed by atoms with Crippen molar-refractivity contribution >= 4 is 22.6 Å². The highest BCUT2D eigenvalue weighted by Gasteiger charge is 2.24. The Balaban J connectivity index is 1.53. The number of nitrogens with one attached hydrogen (secondary N) is 1. The highest BCUT2D eigenvalue weighted by Crippen LogP contribution is 2.25. The number of amides is 1. The summed E-state index contributed by atoms with van der Waals surface area (Å²) in [6, 6.07) is 13.6. The van der Waals surface area contributed by atoms with E-state index in [4.69, 9.17) is 4.98 Å². The molecule has 1 N–H and O–H groups in total. The minimum Gasteiger partial charge on any atom is -0.355 e. The number of anilines is 1. The van der Waals surface area contributed by atoms with Crippen molar-refractivity contribution in [3.8, 4) is 6.07 Å². The lowest BCUT2D eigenvalue weighted by Gasteiger charge is -2.34. The zero-order chi connectivity index (χ0) is 19.7. The van der Waals surface area contributed by atoms with Crippen molar-refractivity contribution in [2.24, 2.45) is 7.05 Å². The third-order valence-corrected chi connectivity index (χ3v) is 5.25. The molecule has 4 rings (SSSR count). The molecule has 7 heteroatoms. The number of fused-ring (bicyclic) bond motifs is 1. The lowest BCUT2D eigenvalue weighted by molar-refractivity contribution is 0.0927. The van der Waals surface area contributed by atoms with Crippen LogP contribution >= 0.6 is 0 Å². The largest absolute Gasteiger partial charge is 0.355 e. The predicted molar refractivity (Wildman–Crippen MR) is 107 cm³/mol. The maximum absolute atomic E-state index is 12.5. The SMILES string of the molecule is Cc1cc(C(=O)NC2CCCN(c3cc(C#N)c4ccccc4n3)C2)nn1C. The van der Waals surface area contributed by atoms with Crippen LogP contribution < -0.4 is 10.2 Å². The maximum atomic E-state index is 12.5. The van der Waals surface area contributed by atoms with Crippen LogP contribution in [0.15, 0.2) is 36.4 Å². The van der Waals surface area contributed by atoms with E-state index in [0.29, 0.717) is 17.8 Å². The Kier molecular flexibility index (Phi) is 4.70. The number of aromatic nitrogens is 3. The molecule has 0 saturated carbocycles. The average molecular weight is 374 g/mol. The summed E-state index contributed by atoms with van der Waals surface area (Å²) in [5.41, 5.74) is 2.81. The quantitative estimate of drug-likeness (QED) is 0.761. The summed E-state index contributed by atoms with van der Waals surface area (Å²) in [5.74, 6) is 0.627. The van der Waals surface area contributed by atoms with Gasteiger partial charge in [0.1, 0.15) is 11.5 Å². The first-order valence-corrected chi connectivity index (χ1v) is 9.41. The topological polar surface area (TPSA) is 86.8 Å². The van der Waals surface area contributed by atoms with E-state index >= 15 is 0 Å². The van der Waals surface area contributed by atoms with Gasteiger partial charge in [0.15, 0.2) is 0 Å². The van der Waals surface area contributed by atoms with Gasteiger partial charge in [-0.25, -0.2) is 4.98 Å². The van der Waals surface area contributed by atoms with Gasteiger partial charge in [0, 0.05) is 37.3 Å². The number of hydrogen-bond donors (Lipinski definition) is 1. The normalized spacial score (nSPS) is 16.8. The first-order valence-electron chi connectivity index (χ1n) is 9.41. The summed E-state index contributed by atoms with van der Waals surface area (Å²) in [7, 11) is 1.83. The number of carbonyl (C=O) groups is 1. The second-order valence-electron chi connectivity index (χ2n) is 7.21. The van der Waals surface area contributed by atoms with Crippen LogP contribution in [0.2, 0.25) is 0 Å². The number of para-hydroxylation sites is 1. The molecule has 0 spiro atoms. The molecule has 0 bridgehead atoms. The number of piperidine rings is 1. The van der Waals surface area contributed by atoms with Gasteiger partial charge in [0.05, 0.1) is 17.1 Å². The fourth-order valence-corrected chi connectivity index (χ4v) is 3.65. The van der Waals surface area contributed by atoms with Gasteiger partial charge >= 0.3 is 0 Å². The number of rotatable bonds is 3. The van der Waals surface area contributed by atoms with Gasteiger partial charge in [0.25, 0.3) is 5.91 Å². The van der Waals surface area contributed by atoms with Gasteiger partial charge in [-0.3, -0.25) is 9.48 Å². The van der Waals surface area contributed by atoms with E-state index < -0.39 is 0 Å². The molecule has 142 valence electrons. The molecule has 1 aliphatic heterocycles. The lowest BCUT2D eigenvalue weighted by Crippen LogP contribution is -2.48. The van der Waals surface area contributed by atoms with Gasteiger partial charge in [0.2, 0.25) is 0 Å². The molecule has 1 atom stereocenters. The van der Waals surface area contributed by atoms with Gasteiger partial charge in [-0.15, -0.1) is 0 Å². The first kappa shape index (κ1) is 18.0. The third-order valence-electron chi connectivity index (χ3n) is 5.25. The number of aryl methyl sites for hydroxylation is 2. The molecular weight excluding hydrogens is 352 g/mol. The molecule has 1 fully saturated rings. The summed E-state index contributed by atoms with van der Waals surface area (Å²) in [5, 5.41) is 17.7. The van der Waals surface area contributed by atoms with Crippen LogP contribution in [0, 0.1) is 18.3 Å². The molecule has 0 radical (unpaired) electrons. The molecule has 3 aromatic rings. The molecule has 2 aromatic heterocycles. The Labute approximate surface area is 163 Å². The molecule has 3 heterocycles. The van der Waals surface area contributed by atoms with Crippen LogP contribution in [0.4, 0.5) is 5.82 Å². The van der Waals surface area contributed by atoms with Gasteiger partial charge < -0.3 is 10.2 Å². The summed E-state index contributed by atoms with van der Waals surface area (Å²) in [6.07, 6.45) is 1.86. The fraction of sp³-hybridized carbons (Fsp3) is 0.333. The smallest absolute Gasteiger partial charge is 0.272 e. The molecule has 1 amide bonds. The van der Waals surface area contributed by atoms with E-state index in [1.165, 1.54) is 0 Å². The van der Waals surface area contributed by atoms with Gasteiger partial charge in [-0.2, -0.15) is 10.4 Å². The molecule has 0 aliphatic carbocycles. The van der Waals surface area contributed by atoms with Crippen molar-refractivity contribution in [2.45, 2.75) is 25.8 Å². The standard InChI is InChI=1S/C21H22N6O/c1-14-10-19(25-26(14)2)21(28)23-16-6-5-9-27(13-16)20-11-15(12-22)17-7-3-4-8-18(17)24-20/h3-4,7-8,10-11,16H,5-6,9,13H2,1-2H3,(H,23,28). The number of hydrogen-bond acceptors (Lipinski definition) is 5. The summed E-state index contributed by atoms with van der Waals surface area (Å²) < 4.78 is 1.70. The van der Waals surface area contributed by atoms with Crippen molar-refractivity contribution in [3.63, 3.8) is 0 Å². The Morgan fingerprint density at radius 3 is 2.89 bits per heavy atom. The van der Waals surface area contributed by atoms with Crippen LogP contribution in [-0.2, 0) is 7.05 Å². The summed E-state index contributed by atoms with van der Waals surface area (Å²) >= 11 is 0. The van der Waals surface area contributed by atoms with Crippen LogP contribution in [-0.4, -0.2) is 39.8 Å². The Morgan fingerprint density at radius 2 is 2.14 bits per heavy atom. The number of pyridine rings is 1. The Morgan fingerprint density at radius 1 is 1.32 bits per heavy atom. The van der Waals surface area contributed by atoms with Crippen LogP contribution in [0.3, 0.4) is 0 Å². The zero-order valence-corrected chi connectivity index (χ0v) is 16.0. The predicted octanol–water partition coefficient (Wildman–Crippen LogP) is 2.55. The molecule has 1 unspecified atom stereocenters. The number of carbonyl (C=O) groups excluding carboxylic acids is 1. The monoisotopic (exact) mass is 374 g/mol. The maximum Gasteiger partial charge on any atom is 0.272 e. The molecule has 1 saturated heterocycles. The molecule has 28 heavy (non-hydrogen) atoms. The number of benzene rings is 1. The van der Waals surface area contributed by atoms with Crippen molar-refractivity contribution in [1.29, 1.82) is 5.26 Å². The van der Waals surface area contributed by atoms with Crippen molar-refractivity contribution in [3.05, 3.63) is 53.3 Å². The number of nitrogens with zero attached hydrogens (tertiary/aromatic N) is 5. The van der Waals surface area contributed by atoms with Crippen LogP contribution in [0.5, 0.6) is 0 Å². The van der Waals surface area contributed by atoms with E-state index in [9.17, 15) is 10.1 Å². The molecular formula is C21H22N6O. The molecule has 1 aliphatic rings. The Bertz CT molecular complexity index is 1060. The Hall–Kier alpha value is -3.40. The van der Waals surface area contributed by atoms with E-state index in [1.54, 1.807) is 10.7 Å². The van der Waals surface area contributed by atoms with Crippen LogP contribution in [0.1, 0.15) is 34.6 Å². The lowest BCUT2D eigenvalue weighted by atomic mass is 10.0. The first-order chi connectivity index (χ1) is 13.5. The third kappa shape index (κ3) is 3.41. The van der Waals surface area contributed by atoms with Crippen molar-refractivity contribution in [2.75, 3.05) is 18.0 Å². The average Bonchev–Trinajstić information content (AvgIpc) is 3.06. The minimum atomic E-state index is -0.153. The van der Waals surface area contributed by atoms with Gasteiger partial charge in [-0.05, 0) is 38.0 Å². The van der Waals surface area contributed by atoms with Crippen molar-refractivity contribution < 1.29 is 4.79 Å². The van der Waals surface area contributed by atoms with Crippen LogP contribution in [0.25, 0.3) is 10.9 Å². The van der Waals surface area contributed by atoms with Crippen molar-refractivity contribution in [1.82, 2.24) is 20.1 Å². The zero-order valence-electron chi connectivity index (χ0n) is 16.0. The van der Waals surface area contributed by atoms with E-state index in [1.807, 2.05) is 44.3 Å². The van der Waals surface area contributed by atoms with Gasteiger partial charge in [-0.1, -0.05) is 18.2 Å².